The zero-order valence-electron chi connectivity index (χ0n) is 11.3. The van der Waals surface area contributed by atoms with E-state index in [9.17, 15) is 5.11 Å². The van der Waals surface area contributed by atoms with Crippen LogP contribution in [0.1, 0.15) is 24.2 Å². The summed E-state index contributed by atoms with van der Waals surface area (Å²) in [5.41, 5.74) is 1.12. The van der Waals surface area contributed by atoms with E-state index in [-0.39, 0.29) is 0 Å². The molecule has 0 amide bonds. The fourth-order valence-electron chi connectivity index (χ4n) is 1.81. The molecule has 0 aliphatic heterocycles. The second-order valence-corrected chi connectivity index (χ2v) is 4.32. The third-order valence-corrected chi connectivity index (χ3v) is 2.88. The molecule has 0 aromatic heterocycles. The van der Waals surface area contributed by atoms with Crippen molar-refractivity contribution >= 4 is 0 Å². The summed E-state index contributed by atoms with van der Waals surface area (Å²) in [5, 5.41) is 18.7. The zero-order chi connectivity index (χ0) is 14.5. The van der Waals surface area contributed by atoms with Gasteiger partial charge in [-0.3, -0.25) is 0 Å². The van der Waals surface area contributed by atoms with E-state index in [1.807, 2.05) is 0 Å². The Morgan fingerprint density at radius 1 is 1.10 bits per heavy atom. The molecule has 0 radical (unpaired) electrons. The van der Waals surface area contributed by atoms with Crippen molar-refractivity contribution in [2.24, 2.45) is 0 Å². The number of ether oxygens (including phenoxy) is 2. The number of hydrogen-bond acceptors (Lipinski definition) is 4. The van der Waals surface area contributed by atoms with Crippen LogP contribution >= 0.6 is 0 Å². The number of benzene rings is 2. The largest absolute Gasteiger partial charge is 0.497 e. The van der Waals surface area contributed by atoms with Crippen molar-refractivity contribution < 1.29 is 14.6 Å². The van der Waals surface area contributed by atoms with E-state index in [0.717, 1.165) is 5.75 Å². The first-order chi connectivity index (χ1) is 9.63. The Hall–Kier alpha value is -2.51. The van der Waals surface area contributed by atoms with Crippen LogP contribution in [0, 0.1) is 11.3 Å². The Morgan fingerprint density at radius 3 is 2.30 bits per heavy atom. The van der Waals surface area contributed by atoms with Gasteiger partial charge in [-0.15, -0.1) is 0 Å². The average molecular weight is 269 g/mol. The van der Waals surface area contributed by atoms with Gasteiger partial charge >= 0.3 is 0 Å². The summed E-state index contributed by atoms with van der Waals surface area (Å²) in [5.74, 6) is 1.82. The normalized spacial score (nSPS) is 11.5. The topological polar surface area (TPSA) is 62.5 Å². The standard InChI is InChI=1S/C16H15NO3/c1-11(18)15-8-3-12(10-17)9-16(15)20-14-6-4-13(19-2)5-7-14/h3-9,11,18H,1-2H3. The predicted octanol–water partition coefficient (Wildman–Crippen LogP) is 3.41. The Bertz CT molecular complexity index is 627. The highest BCUT2D eigenvalue weighted by molar-refractivity contribution is 5.46. The van der Waals surface area contributed by atoms with E-state index in [1.165, 1.54) is 0 Å². The molecule has 0 aliphatic carbocycles. The van der Waals surface area contributed by atoms with Crippen LogP contribution in [0.15, 0.2) is 42.5 Å². The van der Waals surface area contributed by atoms with E-state index in [1.54, 1.807) is 56.5 Å². The van der Waals surface area contributed by atoms with Crippen LogP contribution < -0.4 is 9.47 Å². The maximum Gasteiger partial charge on any atom is 0.134 e. The van der Waals surface area contributed by atoms with Crippen molar-refractivity contribution in [1.29, 1.82) is 5.26 Å². The minimum absolute atomic E-state index is 0.476. The molecular formula is C16H15NO3. The van der Waals surface area contributed by atoms with Gasteiger partial charge in [-0.05, 0) is 43.3 Å². The highest BCUT2D eigenvalue weighted by atomic mass is 16.5. The molecule has 4 heteroatoms. The molecule has 1 unspecified atom stereocenters. The number of hydrogen-bond donors (Lipinski definition) is 1. The molecule has 20 heavy (non-hydrogen) atoms. The third-order valence-electron chi connectivity index (χ3n) is 2.88. The van der Waals surface area contributed by atoms with E-state index >= 15 is 0 Å². The molecule has 0 bridgehead atoms. The molecule has 0 spiro atoms. The Labute approximate surface area is 117 Å². The van der Waals surface area contributed by atoms with Gasteiger partial charge in [-0.25, -0.2) is 0 Å². The lowest BCUT2D eigenvalue weighted by atomic mass is 10.1. The zero-order valence-corrected chi connectivity index (χ0v) is 11.3. The summed E-state index contributed by atoms with van der Waals surface area (Å²) >= 11 is 0. The van der Waals surface area contributed by atoms with Crippen LogP contribution in [-0.2, 0) is 0 Å². The molecule has 102 valence electrons. The van der Waals surface area contributed by atoms with Gasteiger partial charge in [-0.1, -0.05) is 6.07 Å². The van der Waals surface area contributed by atoms with E-state index in [2.05, 4.69) is 6.07 Å². The highest BCUT2D eigenvalue weighted by Gasteiger charge is 2.11. The maximum absolute atomic E-state index is 9.75. The van der Waals surface area contributed by atoms with Gasteiger partial charge in [0, 0.05) is 5.56 Å². The Kier molecular flexibility index (Phi) is 4.24. The van der Waals surface area contributed by atoms with E-state index in [4.69, 9.17) is 14.7 Å². The van der Waals surface area contributed by atoms with E-state index < -0.39 is 6.10 Å². The minimum Gasteiger partial charge on any atom is -0.497 e. The lowest BCUT2D eigenvalue weighted by Gasteiger charge is -2.13. The summed E-state index contributed by atoms with van der Waals surface area (Å²) in [6.45, 7) is 1.66. The summed E-state index contributed by atoms with van der Waals surface area (Å²) < 4.78 is 10.8. The molecule has 0 fully saturated rings. The monoisotopic (exact) mass is 269 g/mol. The molecule has 4 nitrogen and oxygen atoms in total. The maximum atomic E-state index is 9.75. The molecule has 2 aromatic rings. The first-order valence-electron chi connectivity index (χ1n) is 6.18. The van der Waals surface area contributed by atoms with Crippen LogP contribution in [0.2, 0.25) is 0 Å². The Balaban J connectivity index is 2.33. The first-order valence-corrected chi connectivity index (χ1v) is 6.18. The van der Waals surface area contributed by atoms with Crippen LogP contribution in [0.3, 0.4) is 0 Å². The van der Waals surface area contributed by atoms with Crippen LogP contribution in [0.4, 0.5) is 0 Å². The summed E-state index contributed by atoms with van der Waals surface area (Å²) in [6, 6.07) is 14.1. The molecule has 0 heterocycles. The molecule has 2 rings (SSSR count). The SMILES string of the molecule is COc1ccc(Oc2cc(C#N)ccc2C(C)O)cc1. The molecule has 1 atom stereocenters. The summed E-state index contributed by atoms with van der Waals surface area (Å²) in [6.07, 6.45) is -0.670. The van der Waals surface area contributed by atoms with Crippen LogP contribution in [0.5, 0.6) is 17.2 Å². The van der Waals surface area contributed by atoms with Gasteiger partial charge in [0.25, 0.3) is 0 Å². The smallest absolute Gasteiger partial charge is 0.134 e. The number of nitrogens with zero attached hydrogens (tertiary/aromatic N) is 1. The number of aliphatic hydroxyl groups is 1. The highest BCUT2D eigenvalue weighted by Crippen LogP contribution is 2.31. The molecule has 0 saturated carbocycles. The van der Waals surface area contributed by atoms with Gasteiger partial charge < -0.3 is 14.6 Å². The second-order valence-electron chi connectivity index (χ2n) is 4.32. The van der Waals surface area contributed by atoms with E-state index in [0.29, 0.717) is 22.6 Å². The lowest BCUT2D eigenvalue weighted by Crippen LogP contribution is -1.97. The molecule has 2 aromatic carbocycles. The lowest BCUT2D eigenvalue weighted by molar-refractivity contribution is 0.195. The summed E-state index contributed by atoms with van der Waals surface area (Å²) in [7, 11) is 1.60. The first kappa shape index (κ1) is 13.9. The van der Waals surface area contributed by atoms with Gasteiger partial charge in [-0.2, -0.15) is 5.26 Å². The molecule has 1 N–H and O–H groups in total. The Morgan fingerprint density at radius 2 is 1.75 bits per heavy atom. The van der Waals surface area contributed by atoms with Crippen molar-refractivity contribution in [3.63, 3.8) is 0 Å². The number of aliphatic hydroxyl groups excluding tert-OH is 1. The fraction of sp³-hybridized carbons (Fsp3) is 0.188. The number of nitriles is 1. The second kappa shape index (κ2) is 6.09. The van der Waals surface area contributed by atoms with Crippen LogP contribution in [0.25, 0.3) is 0 Å². The predicted molar refractivity (Wildman–Crippen MR) is 74.9 cm³/mol. The minimum atomic E-state index is -0.670. The van der Waals surface area contributed by atoms with Gasteiger partial charge in [0.1, 0.15) is 17.2 Å². The summed E-state index contributed by atoms with van der Waals surface area (Å²) in [4.78, 5) is 0. The van der Waals surface area contributed by atoms with Gasteiger partial charge in [0.15, 0.2) is 0 Å². The third kappa shape index (κ3) is 3.08. The average Bonchev–Trinajstić information content (AvgIpc) is 2.47. The van der Waals surface area contributed by atoms with Crippen molar-refractivity contribution in [2.75, 3.05) is 7.11 Å². The van der Waals surface area contributed by atoms with Crippen molar-refractivity contribution in [1.82, 2.24) is 0 Å². The molecular weight excluding hydrogens is 254 g/mol. The fourth-order valence-corrected chi connectivity index (χ4v) is 1.81. The van der Waals surface area contributed by atoms with Crippen molar-refractivity contribution in [3.05, 3.63) is 53.6 Å². The molecule has 0 saturated heterocycles. The van der Waals surface area contributed by atoms with Gasteiger partial charge in [0.05, 0.1) is 24.8 Å². The van der Waals surface area contributed by atoms with Crippen LogP contribution in [-0.4, -0.2) is 12.2 Å². The number of methoxy groups -OCH3 is 1. The quantitative estimate of drug-likeness (QED) is 0.923. The van der Waals surface area contributed by atoms with Crippen molar-refractivity contribution in [3.8, 4) is 23.3 Å². The van der Waals surface area contributed by atoms with Gasteiger partial charge in [0.2, 0.25) is 0 Å². The number of rotatable bonds is 4. The van der Waals surface area contributed by atoms with Crippen molar-refractivity contribution in [2.45, 2.75) is 13.0 Å². The molecule has 0 aliphatic rings.